The summed E-state index contributed by atoms with van der Waals surface area (Å²) in [4.78, 5) is 13.5. The van der Waals surface area contributed by atoms with Gasteiger partial charge in [0.2, 0.25) is 0 Å². The van der Waals surface area contributed by atoms with Gasteiger partial charge in [-0.15, -0.1) is 0 Å². The number of fused-ring (bicyclic) bond motifs is 5. The highest BCUT2D eigenvalue weighted by Crippen LogP contribution is 2.66. The number of carbonyl (C=O) groups excluding carboxylic acids is 1. The topological polar surface area (TPSA) is 34.9 Å². The number of aromatic nitrogens is 2. The Morgan fingerprint density at radius 3 is 2.79 bits per heavy atom. The fraction of sp³-hybridized carbons (Fsp3) is 0.760. The molecule has 1 aromatic rings. The van der Waals surface area contributed by atoms with Crippen LogP contribution in [0.5, 0.6) is 0 Å². The van der Waals surface area contributed by atoms with Gasteiger partial charge < -0.3 is 0 Å². The Morgan fingerprint density at radius 1 is 1.14 bits per heavy atom. The van der Waals surface area contributed by atoms with Crippen molar-refractivity contribution < 1.29 is 4.79 Å². The van der Waals surface area contributed by atoms with Gasteiger partial charge in [-0.25, -0.2) is 0 Å². The molecule has 28 heavy (non-hydrogen) atoms. The molecule has 4 fully saturated rings. The molecule has 4 saturated carbocycles. The standard InChI is InChI=1S/C25H36N2O/c1-4-27-16-17(15-26-27)13-18-14-22-20-9-8-19-7-5-6-11-24(19,2)21(20)10-12-25(22,3)23(18)28/h13,15-16,19-22H,4-12,14H2,1-3H3/b18-13-/t19-,20-,21+,22+,24-,25-/m0/s1. The second-order valence-corrected chi connectivity index (χ2v) is 10.7. The van der Waals surface area contributed by atoms with E-state index in [1.165, 1.54) is 44.9 Å². The summed E-state index contributed by atoms with van der Waals surface area (Å²) in [5.74, 6) is 3.55. The van der Waals surface area contributed by atoms with Crippen LogP contribution in [-0.2, 0) is 11.3 Å². The average molecular weight is 381 g/mol. The molecule has 152 valence electrons. The molecular weight excluding hydrogens is 344 g/mol. The molecule has 3 nitrogen and oxygen atoms in total. The van der Waals surface area contributed by atoms with Gasteiger partial charge in [-0.1, -0.05) is 26.7 Å². The number of Topliss-reactive ketones (excluding diaryl/α,β-unsaturated/α-hetero) is 1. The van der Waals surface area contributed by atoms with Crippen molar-refractivity contribution >= 4 is 11.9 Å². The van der Waals surface area contributed by atoms with Gasteiger partial charge in [0.1, 0.15) is 0 Å². The highest BCUT2D eigenvalue weighted by atomic mass is 16.1. The van der Waals surface area contributed by atoms with Crippen LogP contribution < -0.4 is 0 Å². The van der Waals surface area contributed by atoms with Crippen molar-refractivity contribution in [3.05, 3.63) is 23.5 Å². The number of rotatable bonds is 2. The second-order valence-electron chi connectivity index (χ2n) is 10.7. The number of nitrogens with zero attached hydrogens (tertiary/aromatic N) is 2. The zero-order chi connectivity index (χ0) is 19.5. The number of hydrogen-bond donors (Lipinski definition) is 0. The molecule has 0 saturated heterocycles. The van der Waals surface area contributed by atoms with Crippen molar-refractivity contribution in [2.45, 2.75) is 85.1 Å². The number of allylic oxidation sites excluding steroid dienone is 1. The lowest BCUT2D eigenvalue weighted by Gasteiger charge is -2.59. The van der Waals surface area contributed by atoms with Gasteiger partial charge in [-0.2, -0.15) is 5.10 Å². The monoisotopic (exact) mass is 380 g/mol. The zero-order valence-corrected chi connectivity index (χ0v) is 17.9. The van der Waals surface area contributed by atoms with E-state index in [0.29, 0.717) is 17.1 Å². The van der Waals surface area contributed by atoms with Crippen molar-refractivity contribution in [2.75, 3.05) is 0 Å². The van der Waals surface area contributed by atoms with Gasteiger partial charge in [0.25, 0.3) is 0 Å². The van der Waals surface area contributed by atoms with E-state index in [-0.39, 0.29) is 5.41 Å². The van der Waals surface area contributed by atoms with Crippen LogP contribution >= 0.6 is 0 Å². The molecule has 0 spiro atoms. The van der Waals surface area contributed by atoms with E-state index in [1.807, 2.05) is 10.9 Å². The average Bonchev–Trinajstić information content (AvgIpc) is 3.25. The van der Waals surface area contributed by atoms with E-state index in [0.717, 1.165) is 48.3 Å². The third-order valence-electron chi connectivity index (χ3n) is 9.54. The van der Waals surface area contributed by atoms with Gasteiger partial charge in [-0.05, 0) is 92.6 Å². The first-order chi connectivity index (χ1) is 13.5. The van der Waals surface area contributed by atoms with Crippen LogP contribution in [0.4, 0.5) is 0 Å². The molecule has 0 bridgehead atoms. The van der Waals surface area contributed by atoms with Crippen LogP contribution in [0.3, 0.4) is 0 Å². The summed E-state index contributed by atoms with van der Waals surface area (Å²) < 4.78 is 1.95. The van der Waals surface area contributed by atoms with Gasteiger partial charge in [0.05, 0.1) is 6.20 Å². The van der Waals surface area contributed by atoms with Crippen molar-refractivity contribution in [3.63, 3.8) is 0 Å². The lowest BCUT2D eigenvalue weighted by atomic mass is 9.45. The largest absolute Gasteiger partial charge is 0.294 e. The molecule has 0 aliphatic heterocycles. The van der Waals surface area contributed by atoms with Gasteiger partial charge in [0, 0.05) is 23.7 Å². The van der Waals surface area contributed by atoms with Crippen molar-refractivity contribution in [1.29, 1.82) is 0 Å². The number of carbonyl (C=O) groups is 1. The first-order valence-electron chi connectivity index (χ1n) is 11.7. The predicted octanol–water partition coefficient (Wildman–Crippen LogP) is 5.90. The number of aryl methyl sites for hydroxylation is 1. The van der Waals surface area contributed by atoms with Gasteiger partial charge >= 0.3 is 0 Å². The first kappa shape index (κ1) is 18.6. The molecule has 0 N–H and O–H groups in total. The van der Waals surface area contributed by atoms with Crippen LogP contribution in [0, 0.1) is 34.5 Å². The molecule has 0 amide bonds. The maximum Gasteiger partial charge on any atom is 0.165 e. The van der Waals surface area contributed by atoms with E-state index < -0.39 is 0 Å². The van der Waals surface area contributed by atoms with Crippen LogP contribution in [0.1, 0.15) is 84.1 Å². The maximum atomic E-state index is 13.5. The quantitative estimate of drug-likeness (QED) is 0.599. The molecule has 0 radical (unpaired) electrons. The summed E-state index contributed by atoms with van der Waals surface area (Å²) in [6.07, 6.45) is 18.0. The summed E-state index contributed by atoms with van der Waals surface area (Å²) >= 11 is 0. The Labute approximate surface area is 170 Å². The first-order valence-corrected chi connectivity index (χ1v) is 11.7. The van der Waals surface area contributed by atoms with E-state index >= 15 is 0 Å². The van der Waals surface area contributed by atoms with E-state index in [4.69, 9.17) is 0 Å². The molecule has 4 aliphatic carbocycles. The highest BCUT2D eigenvalue weighted by Gasteiger charge is 2.60. The molecule has 1 heterocycles. The summed E-state index contributed by atoms with van der Waals surface area (Å²) in [5, 5.41) is 4.39. The van der Waals surface area contributed by atoms with Crippen LogP contribution in [-0.4, -0.2) is 15.6 Å². The number of hydrogen-bond acceptors (Lipinski definition) is 2. The minimum absolute atomic E-state index is 0.119. The Bertz CT molecular complexity index is 807. The van der Waals surface area contributed by atoms with Crippen LogP contribution in [0.15, 0.2) is 18.0 Å². The highest BCUT2D eigenvalue weighted by molar-refractivity contribution is 6.05. The predicted molar refractivity (Wildman–Crippen MR) is 113 cm³/mol. The summed E-state index contributed by atoms with van der Waals surface area (Å²) in [6.45, 7) is 7.88. The summed E-state index contributed by atoms with van der Waals surface area (Å²) in [5.41, 5.74) is 2.58. The molecule has 6 atom stereocenters. The molecule has 0 unspecified atom stereocenters. The van der Waals surface area contributed by atoms with Crippen LogP contribution in [0.25, 0.3) is 6.08 Å². The normalized spacial score (nSPS) is 44.2. The summed E-state index contributed by atoms with van der Waals surface area (Å²) in [7, 11) is 0. The molecule has 3 heteroatoms. The van der Waals surface area contributed by atoms with Gasteiger partial charge in [0.15, 0.2) is 5.78 Å². The van der Waals surface area contributed by atoms with Gasteiger partial charge in [-0.3, -0.25) is 9.48 Å². The molecule has 0 aromatic carbocycles. The molecule has 5 rings (SSSR count). The van der Waals surface area contributed by atoms with E-state index in [2.05, 4.69) is 38.1 Å². The smallest absolute Gasteiger partial charge is 0.165 e. The maximum absolute atomic E-state index is 13.5. The molecular formula is C25H36N2O. The molecule has 4 aliphatic rings. The Morgan fingerprint density at radius 2 is 2.00 bits per heavy atom. The third-order valence-corrected chi connectivity index (χ3v) is 9.54. The summed E-state index contributed by atoms with van der Waals surface area (Å²) in [6, 6.07) is 0. The minimum atomic E-state index is -0.119. The van der Waals surface area contributed by atoms with E-state index in [9.17, 15) is 4.79 Å². The van der Waals surface area contributed by atoms with Crippen molar-refractivity contribution in [2.24, 2.45) is 34.5 Å². The second kappa shape index (κ2) is 6.57. The van der Waals surface area contributed by atoms with E-state index in [1.54, 1.807) is 0 Å². The van der Waals surface area contributed by atoms with Crippen LogP contribution in [0.2, 0.25) is 0 Å². The SMILES string of the molecule is CCn1cc(/C=C2/C[C@@H]3[C@H]4CC[C@@H]5CCCC[C@]5(C)[C@@H]4CC[C@]3(C)C2=O)cn1. The Hall–Kier alpha value is -1.38. The molecule has 1 aromatic heterocycles. The lowest BCUT2D eigenvalue weighted by molar-refractivity contribution is -0.137. The van der Waals surface area contributed by atoms with Crippen molar-refractivity contribution in [1.82, 2.24) is 9.78 Å². The third kappa shape index (κ3) is 2.60. The van der Waals surface area contributed by atoms with Crippen molar-refractivity contribution in [3.8, 4) is 0 Å². The lowest BCUT2D eigenvalue weighted by Crippen LogP contribution is -2.52. The zero-order valence-electron chi connectivity index (χ0n) is 17.9. The number of ketones is 1. The minimum Gasteiger partial charge on any atom is -0.294 e. The Balaban J connectivity index is 1.45. The Kier molecular flexibility index (Phi) is 4.37. The fourth-order valence-electron chi connectivity index (χ4n) is 7.92. The fourth-order valence-corrected chi connectivity index (χ4v) is 7.92.